The van der Waals surface area contributed by atoms with Gasteiger partial charge in [-0.05, 0) is 48.9 Å². The van der Waals surface area contributed by atoms with Gasteiger partial charge < -0.3 is 10.3 Å². The largest absolute Gasteiger partial charge is 0.333 e. The van der Waals surface area contributed by atoms with Gasteiger partial charge in [0.25, 0.3) is 0 Å². The maximum Gasteiger partial charge on any atom is 0.234 e. The third kappa shape index (κ3) is 4.40. The molecule has 8 heteroatoms. The molecule has 0 spiro atoms. The maximum atomic E-state index is 12.0. The fourth-order valence-electron chi connectivity index (χ4n) is 2.28. The molecule has 0 saturated carbocycles. The lowest BCUT2D eigenvalue weighted by atomic mass is 10.2. The summed E-state index contributed by atoms with van der Waals surface area (Å²) in [6.07, 6.45) is 1.14. The molecule has 0 radical (unpaired) electrons. The minimum Gasteiger partial charge on any atom is -0.333 e. The second kappa shape index (κ2) is 6.89. The molecule has 3 rings (SSSR count). The number of hydrogen-bond donors (Lipinski definition) is 2. The lowest BCUT2D eigenvalue weighted by Gasteiger charge is -2.05. The fourth-order valence-corrected chi connectivity index (χ4v) is 3.60. The first-order chi connectivity index (χ1) is 11.8. The van der Waals surface area contributed by atoms with Gasteiger partial charge in [0, 0.05) is 11.9 Å². The number of amides is 1. The Bertz CT molecular complexity index is 1020. The quantitative estimate of drug-likeness (QED) is 0.669. The van der Waals surface area contributed by atoms with E-state index in [0.29, 0.717) is 10.8 Å². The minimum absolute atomic E-state index is 0.186. The Labute approximate surface area is 150 Å². The second-order valence-electron chi connectivity index (χ2n) is 5.70. The van der Waals surface area contributed by atoms with Gasteiger partial charge in [-0.2, -0.15) is 0 Å². The van der Waals surface area contributed by atoms with E-state index in [2.05, 4.69) is 15.3 Å². The zero-order chi connectivity index (χ0) is 18.0. The van der Waals surface area contributed by atoms with Crippen LogP contribution in [-0.4, -0.2) is 36.3 Å². The molecular weight excluding hydrogens is 358 g/mol. The van der Waals surface area contributed by atoms with E-state index < -0.39 is 9.84 Å². The molecule has 0 unspecified atom stereocenters. The van der Waals surface area contributed by atoms with Gasteiger partial charge >= 0.3 is 0 Å². The monoisotopic (exact) mass is 375 g/mol. The van der Waals surface area contributed by atoms with E-state index in [4.69, 9.17) is 0 Å². The van der Waals surface area contributed by atoms with Crippen molar-refractivity contribution in [2.75, 3.05) is 17.3 Å². The predicted octanol–water partition coefficient (Wildman–Crippen LogP) is 3.01. The lowest BCUT2D eigenvalue weighted by molar-refractivity contribution is -0.113. The molecule has 0 aliphatic carbocycles. The van der Waals surface area contributed by atoms with Crippen molar-refractivity contribution in [3.05, 3.63) is 48.0 Å². The third-order valence-corrected chi connectivity index (χ3v) is 5.52. The van der Waals surface area contributed by atoms with Crippen LogP contribution < -0.4 is 5.32 Å². The van der Waals surface area contributed by atoms with Crippen molar-refractivity contribution in [1.29, 1.82) is 0 Å². The number of sulfone groups is 1. The summed E-state index contributed by atoms with van der Waals surface area (Å²) in [6, 6.07) is 12.0. The number of imidazole rings is 1. The van der Waals surface area contributed by atoms with Gasteiger partial charge in [0.2, 0.25) is 5.91 Å². The van der Waals surface area contributed by atoms with Crippen molar-refractivity contribution in [3.63, 3.8) is 0 Å². The molecule has 2 N–H and O–H groups in total. The number of thioether (sulfide) groups is 1. The number of hydrogen-bond acceptors (Lipinski definition) is 5. The molecule has 1 heterocycles. The highest BCUT2D eigenvalue weighted by Gasteiger charge is 2.09. The number of aromatic amines is 1. The molecule has 0 aliphatic heterocycles. The van der Waals surface area contributed by atoms with E-state index in [-0.39, 0.29) is 16.6 Å². The molecule has 1 amide bonds. The normalized spacial score (nSPS) is 11.6. The summed E-state index contributed by atoms with van der Waals surface area (Å²) >= 11 is 1.31. The summed E-state index contributed by atoms with van der Waals surface area (Å²) in [7, 11) is -3.24. The van der Waals surface area contributed by atoms with Crippen molar-refractivity contribution < 1.29 is 13.2 Å². The van der Waals surface area contributed by atoms with Crippen LogP contribution in [0.2, 0.25) is 0 Å². The molecule has 130 valence electrons. The molecular formula is C17H17N3O3S2. The highest BCUT2D eigenvalue weighted by atomic mass is 32.2. The van der Waals surface area contributed by atoms with E-state index in [1.807, 2.05) is 25.1 Å². The number of aromatic nitrogens is 2. The van der Waals surface area contributed by atoms with Crippen LogP contribution in [0.4, 0.5) is 5.69 Å². The summed E-state index contributed by atoms with van der Waals surface area (Å²) in [5.41, 5.74) is 3.50. The van der Waals surface area contributed by atoms with Crippen LogP contribution in [0, 0.1) is 6.92 Å². The van der Waals surface area contributed by atoms with Crippen LogP contribution >= 0.6 is 11.8 Å². The third-order valence-electron chi connectivity index (χ3n) is 3.52. The van der Waals surface area contributed by atoms with Gasteiger partial charge in [-0.25, -0.2) is 13.4 Å². The topological polar surface area (TPSA) is 91.9 Å². The zero-order valence-corrected chi connectivity index (χ0v) is 15.4. The molecule has 0 fully saturated rings. The Morgan fingerprint density at radius 1 is 1.20 bits per heavy atom. The zero-order valence-electron chi connectivity index (χ0n) is 13.7. The van der Waals surface area contributed by atoms with Gasteiger partial charge in [-0.3, -0.25) is 4.79 Å². The molecule has 0 bridgehead atoms. The second-order valence-corrected chi connectivity index (χ2v) is 8.68. The fraction of sp³-hybridized carbons (Fsp3) is 0.176. The summed E-state index contributed by atoms with van der Waals surface area (Å²) < 4.78 is 22.8. The van der Waals surface area contributed by atoms with Crippen LogP contribution in [-0.2, 0) is 14.6 Å². The van der Waals surface area contributed by atoms with Crippen molar-refractivity contribution in [1.82, 2.24) is 9.97 Å². The molecule has 3 aromatic rings. The molecule has 0 aliphatic rings. The summed E-state index contributed by atoms with van der Waals surface area (Å²) in [6.45, 7) is 2.01. The van der Waals surface area contributed by atoms with Crippen LogP contribution in [0.15, 0.2) is 52.5 Å². The Hall–Kier alpha value is -2.32. The van der Waals surface area contributed by atoms with Gasteiger partial charge in [0.05, 0.1) is 21.7 Å². The Morgan fingerprint density at radius 3 is 2.60 bits per heavy atom. The number of fused-ring (bicyclic) bond motifs is 1. The first-order valence-electron chi connectivity index (χ1n) is 7.50. The van der Waals surface area contributed by atoms with E-state index in [1.54, 1.807) is 12.1 Å². The predicted molar refractivity (Wildman–Crippen MR) is 99.7 cm³/mol. The van der Waals surface area contributed by atoms with E-state index >= 15 is 0 Å². The molecule has 6 nitrogen and oxygen atoms in total. The standard InChI is InChI=1S/C17H17N3O3S2/c1-11-3-8-14-15(9-11)20-17(19-14)24-10-16(21)18-12-4-6-13(7-5-12)25(2,22)23/h3-9H,10H2,1-2H3,(H,18,21)(H,19,20). The van der Waals surface area contributed by atoms with Crippen LogP contribution in [0.1, 0.15) is 5.56 Å². The van der Waals surface area contributed by atoms with E-state index in [9.17, 15) is 13.2 Å². The highest BCUT2D eigenvalue weighted by molar-refractivity contribution is 7.99. The van der Waals surface area contributed by atoms with Crippen molar-refractivity contribution in [2.45, 2.75) is 17.0 Å². The number of carbonyl (C=O) groups excluding carboxylic acids is 1. The molecule has 1 aromatic heterocycles. The average Bonchev–Trinajstić information content (AvgIpc) is 2.94. The number of benzene rings is 2. The van der Waals surface area contributed by atoms with Gasteiger partial charge in [-0.1, -0.05) is 17.8 Å². The highest BCUT2D eigenvalue weighted by Crippen LogP contribution is 2.21. The Morgan fingerprint density at radius 2 is 1.92 bits per heavy atom. The van der Waals surface area contributed by atoms with Gasteiger partial charge in [0.15, 0.2) is 15.0 Å². The van der Waals surface area contributed by atoms with Crippen LogP contribution in [0.25, 0.3) is 11.0 Å². The average molecular weight is 375 g/mol. The molecule has 0 saturated heterocycles. The molecule has 0 atom stereocenters. The Balaban J connectivity index is 1.60. The smallest absolute Gasteiger partial charge is 0.234 e. The van der Waals surface area contributed by atoms with Gasteiger partial charge in [0.1, 0.15) is 0 Å². The van der Waals surface area contributed by atoms with Crippen molar-refractivity contribution in [3.8, 4) is 0 Å². The Kier molecular flexibility index (Phi) is 4.82. The summed E-state index contributed by atoms with van der Waals surface area (Å²) in [4.78, 5) is 19.9. The van der Waals surface area contributed by atoms with Crippen molar-refractivity contribution >= 4 is 44.2 Å². The van der Waals surface area contributed by atoms with E-state index in [1.165, 1.54) is 23.9 Å². The number of rotatable bonds is 5. The number of anilines is 1. The molecule has 25 heavy (non-hydrogen) atoms. The summed E-state index contributed by atoms with van der Waals surface area (Å²) in [5, 5.41) is 3.42. The first-order valence-corrected chi connectivity index (χ1v) is 10.4. The number of H-pyrrole nitrogens is 1. The number of nitrogens with one attached hydrogen (secondary N) is 2. The lowest BCUT2D eigenvalue weighted by Crippen LogP contribution is -2.14. The van der Waals surface area contributed by atoms with E-state index in [0.717, 1.165) is 22.9 Å². The molecule has 2 aromatic carbocycles. The minimum atomic E-state index is -3.24. The van der Waals surface area contributed by atoms with Gasteiger partial charge in [-0.15, -0.1) is 0 Å². The number of nitrogens with zero attached hydrogens (tertiary/aromatic N) is 1. The number of carbonyl (C=O) groups is 1. The summed E-state index contributed by atoms with van der Waals surface area (Å²) in [5.74, 6) is 0.0147. The van der Waals surface area contributed by atoms with Crippen molar-refractivity contribution in [2.24, 2.45) is 0 Å². The SMILES string of the molecule is Cc1ccc2nc(SCC(=O)Nc3ccc(S(C)(=O)=O)cc3)[nH]c2c1. The van der Waals surface area contributed by atoms with Crippen LogP contribution in [0.5, 0.6) is 0 Å². The number of aryl methyl sites for hydroxylation is 1. The van der Waals surface area contributed by atoms with Crippen LogP contribution in [0.3, 0.4) is 0 Å². The maximum absolute atomic E-state index is 12.0. The first kappa shape index (κ1) is 17.5.